The van der Waals surface area contributed by atoms with Crippen LogP contribution in [0.3, 0.4) is 0 Å². The lowest BCUT2D eigenvalue weighted by molar-refractivity contribution is -0.132. The first kappa shape index (κ1) is 21.0. The molecule has 0 radical (unpaired) electrons. The topological polar surface area (TPSA) is 99.9 Å². The van der Waals surface area contributed by atoms with Gasteiger partial charge in [0.1, 0.15) is 23.4 Å². The number of benzene rings is 2. The van der Waals surface area contributed by atoms with Gasteiger partial charge in [-0.3, -0.25) is 19.3 Å². The van der Waals surface area contributed by atoms with Gasteiger partial charge in [0.05, 0.1) is 11.8 Å². The van der Waals surface area contributed by atoms with Crippen LogP contribution >= 0.6 is 0 Å². The van der Waals surface area contributed by atoms with E-state index in [-0.39, 0.29) is 28.4 Å². The third kappa shape index (κ3) is 3.66. The Balaban J connectivity index is 1.85. The van der Waals surface area contributed by atoms with Crippen molar-refractivity contribution < 1.29 is 28.3 Å². The first-order valence-corrected chi connectivity index (χ1v) is 9.76. The first-order valence-electron chi connectivity index (χ1n) is 9.76. The monoisotopic (exact) mass is 434 g/mol. The van der Waals surface area contributed by atoms with Gasteiger partial charge in [-0.2, -0.15) is 0 Å². The molecular weight excluding hydrogens is 415 g/mol. The standard InChI is InChI=1S/C24H19FN2O5/c1-13-12-15(5-10-18(13)25)22(29)20-21(19-4-3-11-32-19)27(24(31)23(20)30)17-8-6-16(7-9-17)26-14(2)28/h3-12,21,29H,1-2H3,(H,26,28)/b22-20-. The number of halogens is 1. The van der Waals surface area contributed by atoms with Gasteiger partial charge in [0.25, 0.3) is 11.7 Å². The zero-order chi connectivity index (χ0) is 23.0. The second-order valence-electron chi connectivity index (χ2n) is 7.38. The fourth-order valence-corrected chi connectivity index (χ4v) is 3.67. The number of hydrogen-bond donors (Lipinski definition) is 2. The van der Waals surface area contributed by atoms with E-state index < -0.39 is 29.3 Å². The fraction of sp³-hybridized carbons (Fsp3) is 0.125. The molecule has 7 nitrogen and oxygen atoms in total. The summed E-state index contributed by atoms with van der Waals surface area (Å²) in [6.07, 6.45) is 1.40. The normalized spacial score (nSPS) is 17.6. The molecule has 162 valence electrons. The predicted molar refractivity (Wildman–Crippen MR) is 115 cm³/mol. The highest BCUT2D eigenvalue weighted by atomic mass is 19.1. The minimum Gasteiger partial charge on any atom is -0.507 e. The molecule has 0 spiro atoms. The Bertz CT molecular complexity index is 1250. The summed E-state index contributed by atoms with van der Waals surface area (Å²) in [5.41, 5.74) is 1.22. The van der Waals surface area contributed by atoms with Gasteiger partial charge in [-0.25, -0.2) is 4.39 Å². The summed E-state index contributed by atoms with van der Waals surface area (Å²) in [7, 11) is 0. The molecule has 1 fully saturated rings. The van der Waals surface area contributed by atoms with Crippen molar-refractivity contribution in [1.29, 1.82) is 0 Å². The van der Waals surface area contributed by atoms with Gasteiger partial charge >= 0.3 is 0 Å². The molecule has 1 aliphatic rings. The average molecular weight is 434 g/mol. The molecule has 1 unspecified atom stereocenters. The molecular formula is C24H19FN2O5. The maximum Gasteiger partial charge on any atom is 0.300 e. The van der Waals surface area contributed by atoms with Crippen LogP contribution in [-0.2, 0) is 14.4 Å². The SMILES string of the molecule is CC(=O)Nc1ccc(N2C(=O)C(=O)/C(=C(\O)c3ccc(F)c(C)c3)C2c2ccco2)cc1. The number of Topliss-reactive ketones (excluding diaryl/α,β-unsaturated/α-hetero) is 1. The minimum absolute atomic E-state index is 0.165. The molecule has 8 heteroatoms. The summed E-state index contributed by atoms with van der Waals surface area (Å²) in [6, 6.07) is 12.5. The van der Waals surface area contributed by atoms with Crippen LogP contribution in [0.25, 0.3) is 5.76 Å². The van der Waals surface area contributed by atoms with E-state index >= 15 is 0 Å². The van der Waals surface area contributed by atoms with Crippen molar-refractivity contribution >= 4 is 34.7 Å². The number of aryl methyl sites for hydroxylation is 1. The van der Waals surface area contributed by atoms with Crippen LogP contribution in [0.15, 0.2) is 70.9 Å². The van der Waals surface area contributed by atoms with Crippen molar-refractivity contribution in [3.05, 3.63) is 89.1 Å². The van der Waals surface area contributed by atoms with Crippen molar-refractivity contribution in [3.63, 3.8) is 0 Å². The number of hydrogen-bond acceptors (Lipinski definition) is 5. The Morgan fingerprint density at radius 2 is 1.84 bits per heavy atom. The molecule has 0 bridgehead atoms. The van der Waals surface area contributed by atoms with Gasteiger partial charge in [0, 0.05) is 23.9 Å². The van der Waals surface area contributed by atoms with E-state index in [0.717, 1.165) is 0 Å². The Morgan fingerprint density at radius 3 is 2.44 bits per heavy atom. The molecule has 1 aromatic heterocycles. The van der Waals surface area contributed by atoms with Crippen LogP contribution in [-0.4, -0.2) is 22.7 Å². The van der Waals surface area contributed by atoms with E-state index in [2.05, 4.69) is 5.32 Å². The summed E-state index contributed by atoms with van der Waals surface area (Å²) in [5, 5.41) is 13.6. The van der Waals surface area contributed by atoms with Crippen LogP contribution < -0.4 is 10.2 Å². The smallest absolute Gasteiger partial charge is 0.300 e. The van der Waals surface area contributed by atoms with Crippen LogP contribution in [0.2, 0.25) is 0 Å². The molecule has 0 saturated carbocycles. The summed E-state index contributed by atoms with van der Waals surface area (Å²) in [5.74, 6) is -2.59. The van der Waals surface area contributed by atoms with E-state index in [9.17, 15) is 23.9 Å². The summed E-state index contributed by atoms with van der Waals surface area (Å²) >= 11 is 0. The molecule has 2 heterocycles. The quantitative estimate of drug-likeness (QED) is 0.362. The largest absolute Gasteiger partial charge is 0.507 e. The highest BCUT2D eigenvalue weighted by Crippen LogP contribution is 2.42. The lowest BCUT2D eigenvalue weighted by atomic mass is 9.98. The number of amides is 2. The molecule has 2 aromatic carbocycles. The summed E-state index contributed by atoms with van der Waals surface area (Å²) in [4.78, 5) is 38.5. The zero-order valence-electron chi connectivity index (χ0n) is 17.3. The number of furan rings is 1. The first-order chi connectivity index (χ1) is 15.3. The number of aliphatic hydroxyl groups excluding tert-OH is 1. The molecule has 3 aromatic rings. The van der Waals surface area contributed by atoms with E-state index in [1.807, 2.05) is 0 Å². The maximum atomic E-state index is 13.7. The van der Waals surface area contributed by atoms with Crippen molar-refractivity contribution in [2.24, 2.45) is 0 Å². The van der Waals surface area contributed by atoms with Crippen molar-refractivity contribution in [3.8, 4) is 0 Å². The number of anilines is 2. The second kappa shape index (κ2) is 8.14. The number of carbonyl (C=O) groups excluding carboxylic acids is 3. The number of nitrogens with one attached hydrogen (secondary N) is 1. The number of nitrogens with zero attached hydrogens (tertiary/aromatic N) is 1. The third-order valence-electron chi connectivity index (χ3n) is 5.15. The molecule has 2 N–H and O–H groups in total. The molecule has 32 heavy (non-hydrogen) atoms. The summed E-state index contributed by atoms with van der Waals surface area (Å²) < 4.78 is 19.2. The van der Waals surface area contributed by atoms with Gasteiger partial charge in [0.15, 0.2) is 0 Å². The highest BCUT2D eigenvalue weighted by molar-refractivity contribution is 6.51. The van der Waals surface area contributed by atoms with Gasteiger partial charge < -0.3 is 14.8 Å². The van der Waals surface area contributed by atoms with Gasteiger partial charge in [-0.05, 0) is 67.1 Å². The van der Waals surface area contributed by atoms with E-state index in [1.165, 1.54) is 43.2 Å². The van der Waals surface area contributed by atoms with Gasteiger partial charge in [0.2, 0.25) is 5.91 Å². The number of carbonyl (C=O) groups is 3. The maximum absolute atomic E-state index is 13.7. The highest BCUT2D eigenvalue weighted by Gasteiger charge is 2.48. The lowest BCUT2D eigenvalue weighted by Gasteiger charge is -2.23. The molecule has 1 aliphatic heterocycles. The van der Waals surface area contributed by atoms with E-state index in [1.54, 1.807) is 36.4 Å². The van der Waals surface area contributed by atoms with Gasteiger partial charge in [-0.1, -0.05) is 0 Å². The fourth-order valence-electron chi connectivity index (χ4n) is 3.67. The zero-order valence-corrected chi connectivity index (χ0v) is 17.3. The predicted octanol–water partition coefficient (Wildman–Crippen LogP) is 4.31. The van der Waals surface area contributed by atoms with Crippen molar-refractivity contribution in [1.82, 2.24) is 0 Å². The van der Waals surface area contributed by atoms with E-state index in [0.29, 0.717) is 11.4 Å². The molecule has 1 saturated heterocycles. The minimum atomic E-state index is -1.03. The Hall–Kier alpha value is -4.20. The lowest BCUT2D eigenvalue weighted by Crippen LogP contribution is -2.29. The molecule has 1 atom stereocenters. The van der Waals surface area contributed by atoms with Crippen molar-refractivity contribution in [2.75, 3.05) is 10.2 Å². The number of rotatable bonds is 4. The molecule has 0 aliphatic carbocycles. The molecule has 2 amide bonds. The Labute approximate surface area is 182 Å². The number of aliphatic hydroxyl groups is 1. The third-order valence-corrected chi connectivity index (χ3v) is 5.15. The van der Waals surface area contributed by atoms with Crippen LogP contribution in [0.1, 0.15) is 29.9 Å². The van der Waals surface area contributed by atoms with Crippen LogP contribution in [0, 0.1) is 12.7 Å². The van der Waals surface area contributed by atoms with Gasteiger partial charge in [-0.15, -0.1) is 0 Å². The Kier molecular flexibility index (Phi) is 5.36. The molecule has 4 rings (SSSR count). The van der Waals surface area contributed by atoms with E-state index in [4.69, 9.17) is 4.42 Å². The average Bonchev–Trinajstić information content (AvgIpc) is 3.37. The Morgan fingerprint density at radius 1 is 1.12 bits per heavy atom. The number of ketones is 1. The van der Waals surface area contributed by atoms with Crippen LogP contribution in [0.4, 0.5) is 15.8 Å². The van der Waals surface area contributed by atoms with Crippen molar-refractivity contribution in [2.45, 2.75) is 19.9 Å². The van der Waals surface area contributed by atoms with Crippen LogP contribution in [0.5, 0.6) is 0 Å². The second-order valence-corrected chi connectivity index (χ2v) is 7.38. The summed E-state index contributed by atoms with van der Waals surface area (Å²) in [6.45, 7) is 2.91.